The van der Waals surface area contributed by atoms with Crippen molar-refractivity contribution in [2.24, 2.45) is 4.99 Å². The van der Waals surface area contributed by atoms with Gasteiger partial charge in [0.05, 0.1) is 4.90 Å². The molecule has 0 bridgehead atoms. The molecule has 0 saturated heterocycles. The van der Waals surface area contributed by atoms with Crippen molar-refractivity contribution in [1.82, 2.24) is 15.4 Å². The Bertz CT molecular complexity index is 914. The zero-order valence-electron chi connectivity index (χ0n) is 15.7. The number of aryl methyl sites for hydroxylation is 1. The van der Waals surface area contributed by atoms with Crippen molar-refractivity contribution in [3.8, 4) is 0 Å². The standard InChI is InChI=1S/C19H25FN4O2S/c1-14-11-17(20)8-7-16(14)9-10-23-19(21-2)24-13-15-5-4-6-18(12-15)27(25,26)22-3/h4-8,11-12,22H,9-10,13H2,1-3H3,(H2,21,23,24). The van der Waals surface area contributed by atoms with Crippen molar-refractivity contribution in [1.29, 1.82) is 0 Å². The molecule has 2 aromatic rings. The van der Waals surface area contributed by atoms with E-state index in [0.29, 0.717) is 19.0 Å². The van der Waals surface area contributed by atoms with Crippen molar-refractivity contribution < 1.29 is 12.8 Å². The molecule has 0 atom stereocenters. The third kappa shape index (κ3) is 6.04. The molecule has 6 nitrogen and oxygen atoms in total. The Kier molecular flexibility index (Phi) is 7.32. The zero-order chi connectivity index (χ0) is 19.9. The Morgan fingerprint density at radius 3 is 2.59 bits per heavy atom. The lowest BCUT2D eigenvalue weighted by molar-refractivity contribution is 0.588. The van der Waals surface area contributed by atoms with Crippen LogP contribution in [0.4, 0.5) is 4.39 Å². The van der Waals surface area contributed by atoms with Crippen LogP contribution < -0.4 is 15.4 Å². The van der Waals surface area contributed by atoms with E-state index in [2.05, 4.69) is 20.3 Å². The number of guanidine groups is 1. The molecule has 0 spiro atoms. The van der Waals surface area contributed by atoms with E-state index in [1.54, 1.807) is 31.3 Å². The van der Waals surface area contributed by atoms with Gasteiger partial charge in [-0.2, -0.15) is 0 Å². The van der Waals surface area contributed by atoms with Gasteiger partial charge in [-0.05, 0) is 61.3 Å². The maximum absolute atomic E-state index is 13.2. The Balaban J connectivity index is 1.90. The van der Waals surface area contributed by atoms with Gasteiger partial charge in [-0.1, -0.05) is 18.2 Å². The molecule has 0 aliphatic rings. The van der Waals surface area contributed by atoms with Crippen LogP contribution in [0.2, 0.25) is 0 Å². The number of nitrogens with zero attached hydrogens (tertiary/aromatic N) is 1. The highest BCUT2D eigenvalue weighted by Gasteiger charge is 2.11. The largest absolute Gasteiger partial charge is 0.356 e. The minimum atomic E-state index is -3.47. The highest BCUT2D eigenvalue weighted by Crippen LogP contribution is 2.11. The fraction of sp³-hybridized carbons (Fsp3) is 0.316. The minimum absolute atomic E-state index is 0.221. The molecule has 0 unspecified atom stereocenters. The number of nitrogens with one attached hydrogen (secondary N) is 3. The van der Waals surface area contributed by atoms with E-state index < -0.39 is 10.0 Å². The van der Waals surface area contributed by atoms with Gasteiger partial charge in [-0.25, -0.2) is 17.5 Å². The van der Waals surface area contributed by atoms with E-state index in [9.17, 15) is 12.8 Å². The summed E-state index contributed by atoms with van der Waals surface area (Å²) in [5, 5.41) is 6.36. The van der Waals surface area contributed by atoms with E-state index in [1.807, 2.05) is 13.0 Å². The summed E-state index contributed by atoms with van der Waals surface area (Å²) in [6, 6.07) is 11.5. The molecule has 0 aliphatic heterocycles. The first-order chi connectivity index (χ1) is 12.9. The summed E-state index contributed by atoms with van der Waals surface area (Å²) in [7, 11) is -0.416. The normalized spacial score (nSPS) is 12.1. The molecule has 0 heterocycles. The summed E-state index contributed by atoms with van der Waals surface area (Å²) in [5.41, 5.74) is 2.82. The second kappa shape index (κ2) is 9.48. The smallest absolute Gasteiger partial charge is 0.240 e. The maximum atomic E-state index is 13.2. The summed E-state index contributed by atoms with van der Waals surface area (Å²) in [4.78, 5) is 4.38. The first-order valence-corrected chi connectivity index (χ1v) is 10.1. The lowest BCUT2D eigenvalue weighted by atomic mass is 10.1. The molecule has 0 aliphatic carbocycles. The quantitative estimate of drug-likeness (QED) is 0.497. The fourth-order valence-electron chi connectivity index (χ4n) is 2.60. The van der Waals surface area contributed by atoms with Crippen LogP contribution in [-0.4, -0.2) is 35.0 Å². The lowest BCUT2D eigenvalue weighted by Crippen LogP contribution is -2.38. The highest BCUT2D eigenvalue weighted by molar-refractivity contribution is 7.89. The molecule has 27 heavy (non-hydrogen) atoms. The highest BCUT2D eigenvalue weighted by atomic mass is 32.2. The molecule has 2 aromatic carbocycles. The molecule has 0 aromatic heterocycles. The van der Waals surface area contributed by atoms with Gasteiger partial charge >= 0.3 is 0 Å². The van der Waals surface area contributed by atoms with Gasteiger partial charge in [-0.15, -0.1) is 0 Å². The number of halogens is 1. The number of benzene rings is 2. The molecule has 0 radical (unpaired) electrons. The number of rotatable bonds is 7. The molecule has 0 amide bonds. The molecular weight excluding hydrogens is 367 g/mol. The molecule has 2 rings (SSSR count). The van der Waals surface area contributed by atoms with Crippen molar-refractivity contribution in [2.45, 2.75) is 24.8 Å². The summed E-state index contributed by atoms with van der Waals surface area (Å²) in [6.45, 7) is 2.96. The second-order valence-electron chi connectivity index (χ2n) is 6.03. The first-order valence-electron chi connectivity index (χ1n) is 8.57. The van der Waals surface area contributed by atoms with Gasteiger partial charge in [0.1, 0.15) is 5.82 Å². The fourth-order valence-corrected chi connectivity index (χ4v) is 3.40. The molecule has 0 saturated carbocycles. The van der Waals surface area contributed by atoms with E-state index in [1.165, 1.54) is 19.2 Å². The summed E-state index contributed by atoms with van der Waals surface area (Å²) in [5.74, 6) is 0.376. The minimum Gasteiger partial charge on any atom is -0.356 e. The third-order valence-corrected chi connectivity index (χ3v) is 5.56. The van der Waals surface area contributed by atoms with Crippen molar-refractivity contribution in [3.05, 3.63) is 65.0 Å². The average Bonchev–Trinajstić information content (AvgIpc) is 2.66. The first kappa shape index (κ1) is 20.9. The van der Waals surface area contributed by atoms with E-state index in [4.69, 9.17) is 0 Å². The van der Waals surface area contributed by atoms with Crippen molar-refractivity contribution >= 4 is 16.0 Å². The van der Waals surface area contributed by atoms with Crippen molar-refractivity contribution in [3.63, 3.8) is 0 Å². The monoisotopic (exact) mass is 392 g/mol. The summed E-state index contributed by atoms with van der Waals surface area (Å²) < 4.78 is 39.2. The van der Waals surface area contributed by atoms with Crippen LogP contribution >= 0.6 is 0 Å². The number of aliphatic imine (C=N–C) groups is 1. The molecule has 0 fully saturated rings. The Morgan fingerprint density at radius 1 is 1.15 bits per heavy atom. The molecule has 146 valence electrons. The van der Waals surface area contributed by atoms with Gasteiger partial charge in [0.15, 0.2) is 5.96 Å². The van der Waals surface area contributed by atoms with E-state index in [0.717, 1.165) is 23.1 Å². The molecule has 8 heteroatoms. The van der Waals surface area contributed by atoms with Crippen LogP contribution in [0.3, 0.4) is 0 Å². The molecular formula is C19H25FN4O2S. The predicted octanol–water partition coefficient (Wildman–Crippen LogP) is 1.95. The van der Waals surface area contributed by atoms with Crippen LogP contribution in [-0.2, 0) is 23.0 Å². The lowest BCUT2D eigenvalue weighted by Gasteiger charge is -2.13. The second-order valence-corrected chi connectivity index (χ2v) is 7.91. The predicted molar refractivity (Wildman–Crippen MR) is 106 cm³/mol. The Morgan fingerprint density at radius 2 is 1.93 bits per heavy atom. The Labute approximate surface area is 160 Å². The third-order valence-electron chi connectivity index (χ3n) is 4.15. The van der Waals surface area contributed by atoms with E-state index >= 15 is 0 Å². The van der Waals surface area contributed by atoms with Crippen LogP contribution in [0.15, 0.2) is 52.4 Å². The topological polar surface area (TPSA) is 82.6 Å². The van der Waals surface area contributed by atoms with Crippen LogP contribution in [0.1, 0.15) is 16.7 Å². The van der Waals surface area contributed by atoms with Crippen LogP contribution in [0.25, 0.3) is 0 Å². The summed E-state index contributed by atoms with van der Waals surface area (Å²) in [6.07, 6.45) is 0.739. The van der Waals surface area contributed by atoms with Gasteiger partial charge in [0.2, 0.25) is 10.0 Å². The number of hydrogen-bond acceptors (Lipinski definition) is 3. The zero-order valence-corrected chi connectivity index (χ0v) is 16.5. The van der Waals surface area contributed by atoms with E-state index in [-0.39, 0.29) is 10.7 Å². The molecule has 3 N–H and O–H groups in total. The SMILES string of the molecule is CN=C(NCCc1ccc(F)cc1C)NCc1cccc(S(=O)(=O)NC)c1. The van der Waals surface area contributed by atoms with Gasteiger partial charge in [0.25, 0.3) is 0 Å². The van der Waals surface area contributed by atoms with Crippen LogP contribution in [0.5, 0.6) is 0 Å². The maximum Gasteiger partial charge on any atom is 0.240 e. The van der Waals surface area contributed by atoms with Gasteiger partial charge < -0.3 is 10.6 Å². The van der Waals surface area contributed by atoms with Crippen molar-refractivity contribution in [2.75, 3.05) is 20.6 Å². The number of sulfonamides is 1. The Hall–Kier alpha value is -2.45. The average molecular weight is 393 g/mol. The summed E-state index contributed by atoms with van der Waals surface area (Å²) >= 11 is 0. The van der Waals surface area contributed by atoms with Crippen LogP contribution in [0, 0.1) is 12.7 Å². The van der Waals surface area contributed by atoms with Gasteiger partial charge in [-0.3, -0.25) is 4.99 Å². The van der Waals surface area contributed by atoms with Gasteiger partial charge in [0, 0.05) is 20.1 Å². The number of hydrogen-bond donors (Lipinski definition) is 3.